The van der Waals surface area contributed by atoms with Crippen LogP contribution in [-0.4, -0.2) is 5.11 Å². The van der Waals surface area contributed by atoms with Gasteiger partial charge in [0.1, 0.15) is 11.6 Å². The maximum absolute atomic E-state index is 15.1. The number of benzene rings is 3. The van der Waals surface area contributed by atoms with Crippen LogP contribution in [0.25, 0.3) is 22.3 Å². The minimum absolute atomic E-state index is 0.119. The van der Waals surface area contributed by atoms with Crippen molar-refractivity contribution in [2.24, 2.45) is 0 Å². The number of halogens is 5. The van der Waals surface area contributed by atoms with Crippen molar-refractivity contribution in [3.8, 4) is 22.3 Å². The second-order valence-corrected chi connectivity index (χ2v) is 7.14. The Morgan fingerprint density at radius 2 is 1.37 bits per heavy atom. The summed E-state index contributed by atoms with van der Waals surface area (Å²) in [5, 5.41) is 9.37. The van der Waals surface area contributed by atoms with Crippen molar-refractivity contribution in [2.75, 3.05) is 0 Å². The van der Waals surface area contributed by atoms with E-state index in [1.165, 1.54) is 0 Å². The third kappa shape index (κ3) is 4.38. The van der Waals surface area contributed by atoms with Gasteiger partial charge in [-0.2, -0.15) is 0 Å². The molecule has 0 amide bonds. The number of aliphatic hydroxyl groups excluding tert-OH is 1. The molecular weight excluding hydrogens is 399 g/mol. The van der Waals surface area contributed by atoms with Gasteiger partial charge >= 0.3 is 0 Å². The lowest BCUT2D eigenvalue weighted by atomic mass is 9.91. The average Bonchev–Trinajstić information content (AvgIpc) is 2.72. The van der Waals surface area contributed by atoms with Gasteiger partial charge in [-0.15, -0.1) is 0 Å². The van der Waals surface area contributed by atoms with E-state index in [1.54, 1.807) is 12.1 Å². The van der Waals surface area contributed by atoms with Crippen molar-refractivity contribution in [1.82, 2.24) is 0 Å². The van der Waals surface area contributed by atoms with E-state index >= 15 is 4.39 Å². The third-order valence-corrected chi connectivity index (χ3v) is 5.08. The Balaban J connectivity index is 2.15. The van der Waals surface area contributed by atoms with Crippen molar-refractivity contribution < 1.29 is 27.1 Å². The lowest BCUT2D eigenvalue weighted by Gasteiger charge is -2.16. The summed E-state index contributed by atoms with van der Waals surface area (Å²) in [7, 11) is 0. The van der Waals surface area contributed by atoms with Crippen LogP contribution in [0.5, 0.6) is 0 Å². The van der Waals surface area contributed by atoms with Crippen LogP contribution in [0.1, 0.15) is 37.3 Å². The SMILES string of the molecule is CCCCCc1ccc(-c2c(-c3cc(F)c(F)c(F)c3)cc(F)c(CO)c2F)cc1. The Labute approximate surface area is 171 Å². The second-order valence-electron chi connectivity index (χ2n) is 7.14. The summed E-state index contributed by atoms with van der Waals surface area (Å²) in [6, 6.07) is 9.16. The van der Waals surface area contributed by atoms with E-state index in [4.69, 9.17) is 0 Å². The monoisotopic (exact) mass is 420 g/mol. The van der Waals surface area contributed by atoms with Gasteiger partial charge < -0.3 is 5.11 Å². The summed E-state index contributed by atoms with van der Waals surface area (Å²) in [6.07, 6.45) is 4.02. The molecule has 0 aliphatic carbocycles. The Kier molecular flexibility index (Phi) is 6.87. The van der Waals surface area contributed by atoms with E-state index in [1.807, 2.05) is 12.1 Å². The second kappa shape index (κ2) is 9.39. The fourth-order valence-corrected chi connectivity index (χ4v) is 3.44. The molecule has 6 heteroatoms. The highest BCUT2D eigenvalue weighted by molar-refractivity contribution is 5.84. The number of rotatable bonds is 7. The van der Waals surface area contributed by atoms with Crippen LogP contribution in [0.15, 0.2) is 42.5 Å². The molecule has 30 heavy (non-hydrogen) atoms. The Hall–Kier alpha value is -2.73. The first kappa shape index (κ1) is 22.0. The van der Waals surface area contributed by atoms with Gasteiger partial charge in [0.25, 0.3) is 0 Å². The van der Waals surface area contributed by atoms with Gasteiger partial charge in [0.15, 0.2) is 17.5 Å². The summed E-state index contributed by atoms with van der Waals surface area (Å²) >= 11 is 0. The van der Waals surface area contributed by atoms with E-state index < -0.39 is 41.3 Å². The summed E-state index contributed by atoms with van der Waals surface area (Å²) < 4.78 is 70.4. The van der Waals surface area contributed by atoms with Crippen LogP contribution in [0.2, 0.25) is 0 Å². The van der Waals surface area contributed by atoms with Crippen molar-refractivity contribution in [3.05, 3.63) is 82.7 Å². The smallest absolute Gasteiger partial charge is 0.194 e. The molecule has 0 unspecified atom stereocenters. The molecule has 0 aliphatic rings. The third-order valence-electron chi connectivity index (χ3n) is 5.08. The highest BCUT2D eigenvalue weighted by Crippen LogP contribution is 2.38. The van der Waals surface area contributed by atoms with Gasteiger partial charge in [-0.25, -0.2) is 22.0 Å². The predicted molar refractivity (Wildman–Crippen MR) is 106 cm³/mol. The van der Waals surface area contributed by atoms with Crippen LogP contribution in [0, 0.1) is 29.1 Å². The largest absolute Gasteiger partial charge is 0.391 e. The molecule has 0 heterocycles. The van der Waals surface area contributed by atoms with Gasteiger partial charge in [-0.05, 0) is 53.3 Å². The zero-order valence-corrected chi connectivity index (χ0v) is 16.4. The predicted octanol–water partition coefficient (Wildman–Crippen LogP) is 6.94. The fourth-order valence-electron chi connectivity index (χ4n) is 3.44. The molecule has 0 atom stereocenters. The van der Waals surface area contributed by atoms with Crippen molar-refractivity contribution in [3.63, 3.8) is 0 Å². The maximum atomic E-state index is 15.1. The summed E-state index contributed by atoms with van der Waals surface area (Å²) in [4.78, 5) is 0. The first-order chi connectivity index (χ1) is 14.4. The summed E-state index contributed by atoms with van der Waals surface area (Å²) in [6.45, 7) is 1.22. The molecule has 3 rings (SSSR count). The zero-order valence-electron chi connectivity index (χ0n) is 16.4. The highest BCUT2D eigenvalue weighted by Gasteiger charge is 2.22. The summed E-state index contributed by atoms with van der Waals surface area (Å²) in [5.74, 6) is -6.68. The van der Waals surface area contributed by atoms with E-state index in [0.717, 1.165) is 37.3 Å². The molecule has 0 saturated carbocycles. The van der Waals surface area contributed by atoms with Crippen LogP contribution in [0.4, 0.5) is 22.0 Å². The minimum Gasteiger partial charge on any atom is -0.391 e. The van der Waals surface area contributed by atoms with E-state index in [-0.39, 0.29) is 16.7 Å². The number of aliphatic hydroxyl groups is 1. The van der Waals surface area contributed by atoms with Crippen molar-refractivity contribution >= 4 is 0 Å². The van der Waals surface area contributed by atoms with Gasteiger partial charge in [0, 0.05) is 11.1 Å². The van der Waals surface area contributed by atoms with E-state index in [2.05, 4.69) is 6.92 Å². The Morgan fingerprint density at radius 3 is 1.93 bits per heavy atom. The van der Waals surface area contributed by atoms with Gasteiger partial charge in [-0.3, -0.25) is 0 Å². The topological polar surface area (TPSA) is 20.2 Å². The van der Waals surface area contributed by atoms with Crippen LogP contribution < -0.4 is 0 Å². The van der Waals surface area contributed by atoms with Gasteiger partial charge in [0.05, 0.1) is 6.61 Å². The molecule has 0 aliphatic heterocycles. The maximum Gasteiger partial charge on any atom is 0.194 e. The molecule has 0 fully saturated rings. The van der Waals surface area contributed by atoms with Crippen LogP contribution in [0.3, 0.4) is 0 Å². The van der Waals surface area contributed by atoms with Gasteiger partial charge in [0.2, 0.25) is 0 Å². The minimum atomic E-state index is -1.66. The number of hydrogen-bond donors (Lipinski definition) is 1. The molecule has 0 bridgehead atoms. The van der Waals surface area contributed by atoms with Crippen molar-refractivity contribution in [2.45, 2.75) is 39.2 Å². The number of unbranched alkanes of at least 4 members (excludes halogenated alkanes) is 2. The first-order valence-electron chi connectivity index (χ1n) is 9.73. The molecule has 158 valence electrons. The Morgan fingerprint density at radius 1 is 0.733 bits per heavy atom. The Bertz CT molecular complexity index is 1020. The van der Waals surface area contributed by atoms with Gasteiger partial charge in [-0.1, -0.05) is 44.0 Å². The molecule has 3 aromatic rings. The molecule has 1 nitrogen and oxygen atoms in total. The molecule has 0 spiro atoms. The molecule has 0 aromatic heterocycles. The molecule has 1 N–H and O–H groups in total. The quantitative estimate of drug-likeness (QED) is 0.249. The van der Waals surface area contributed by atoms with E-state index in [9.17, 15) is 22.7 Å². The molecule has 3 aromatic carbocycles. The lowest BCUT2D eigenvalue weighted by Crippen LogP contribution is -2.02. The lowest BCUT2D eigenvalue weighted by molar-refractivity contribution is 0.269. The standard InChI is InChI=1S/C24H21F5O/c1-2-3-4-5-14-6-8-15(9-7-14)22-17(12-19(25)18(13-30)23(22)28)16-10-20(26)24(29)21(27)11-16/h6-12,30H,2-5,13H2,1H3. The number of aryl methyl sites for hydroxylation is 1. The zero-order chi connectivity index (χ0) is 21.8. The molecule has 0 radical (unpaired) electrons. The van der Waals surface area contributed by atoms with Crippen molar-refractivity contribution in [1.29, 1.82) is 0 Å². The molecular formula is C24H21F5O. The summed E-state index contributed by atoms with van der Waals surface area (Å²) in [5.41, 5.74) is 0.364. The fraction of sp³-hybridized carbons (Fsp3) is 0.250. The van der Waals surface area contributed by atoms with Crippen LogP contribution >= 0.6 is 0 Å². The molecule has 0 saturated heterocycles. The van der Waals surface area contributed by atoms with Crippen LogP contribution in [-0.2, 0) is 13.0 Å². The average molecular weight is 420 g/mol. The number of hydrogen-bond acceptors (Lipinski definition) is 1. The first-order valence-corrected chi connectivity index (χ1v) is 9.73. The van der Waals surface area contributed by atoms with E-state index in [0.29, 0.717) is 17.7 Å². The normalized spacial score (nSPS) is 11.2. The highest BCUT2D eigenvalue weighted by atomic mass is 19.2.